The summed E-state index contributed by atoms with van der Waals surface area (Å²) < 4.78 is 85.7. The fraction of sp³-hybridized carbons (Fsp3) is 0.533. The number of carbonyl (C=O) groups is 2. The fourth-order valence-electron chi connectivity index (χ4n) is 6.96. The van der Waals surface area contributed by atoms with Crippen molar-refractivity contribution < 1.29 is 35.8 Å². The van der Waals surface area contributed by atoms with E-state index in [9.17, 15) is 35.8 Å². The van der Waals surface area contributed by atoms with E-state index in [1.807, 2.05) is 4.90 Å². The Morgan fingerprint density at radius 2 is 1.71 bits per heavy atom. The number of aryl methyl sites for hydroxylation is 1. The average molecular weight is 597 g/mol. The first-order chi connectivity index (χ1) is 19.2. The predicted octanol–water partition coefficient (Wildman–Crippen LogP) is 6.02. The number of rotatable bonds is 4. The molecule has 3 atom stereocenters. The number of benzene rings is 2. The standard InChI is InChI=1S/C30H33F5N2O3S/c1-19(38)36-41(40)15-11-21(12-16-41)27(39)37-14-13-29(18-20-3-7-24(31)8-4-20)25-9-6-23(28(2,32)30(33,34)35)17-22(25)5-10-26(29)37/h3-4,6-9,17,21,26H,5,10-16,18H2,1-2H3/t21?,26-,28?,29-,41?/m1/s1. The molecule has 1 unspecified atom stereocenters. The number of fused-ring (bicyclic) bond motifs is 3. The molecule has 41 heavy (non-hydrogen) atoms. The Morgan fingerprint density at radius 1 is 1.05 bits per heavy atom. The van der Waals surface area contributed by atoms with Crippen molar-refractivity contribution in [3.63, 3.8) is 0 Å². The minimum atomic E-state index is -5.07. The highest BCUT2D eigenvalue weighted by Crippen LogP contribution is 2.51. The molecule has 2 heterocycles. The van der Waals surface area contributed by atoms with Crippen LogP contribution in [0.15, 0.2) is 46.8 Å². The molecule has 5 rings (SSSR count). The molecular formula is C30H33F5N2O3S. The lowest BCUT2D eigenvalue weighted by Crippen LogP contribution is -2.51. The maximum atomic E-state index is 14.9. The average Bonchev–Trinajstić information content (AvgIpc) is 3.28. The number of hydrogen-bond donors (Lipinski definition) is 0. The first-order valence-electron chi connectivity index (χ1n) is 13.8. The van der Waals surface area contributed by atoms with E-state index in [-0.39, 0.29) is 35.2 Å². The molecule has 0 radical (unpaired) electrons. The third-order valence-corrected chi connectivity index (χ3v) is 11.5. The molecule has 5 nitrogen and oxygen atoms in total. The zero-order valence-corrected chi connectivity index (χ0v) is 23.8. The molecule has 0 saturated carbocycles. The molecule has 222 valence electrons. The monoisotopic (exact) mass is 596 g/mol. The summed E-state index contributed by atoms with van der Waals surface area (Å²) in [5, 5.41) is 0. The van der Waals surface area contributed by atoms with Gasteiger partial charge in [-0.2, -0.15) is 17.5 Å². The molecule has 0 bridgehead atoms. The Kier molecular flexibility index (Phi) is 7.58. The van der Waals surface area contributed by atoms with Gasteiger partial charge in [0.05, 0.1) is 9.73 Å². The van der Waals surface area contributed by atoms with Crippen LogP contribution in [0.3, 0.4) is 0 Å². The van der Waals surface area contributed by atoms with Gasteiger partial charge in [0.2, 0.25) is 11.6 Å². The molecule has 2 saturated heterocycles. The van der Waals surface area contributed by atoms with Crippen LogP contribution in [0, 0.1) is 11.7 Å². The zero-order valence-electron chi connectivity index (χ0n) is 23.0. The van der Waals surface area contributed by atoms with Crippen LogP contribution in [0.2, 0.25) is 0 Å². The van der Waals surface area contributed by atoms with E-state index in [0.717, 1.165) is 11.1 Å². The Morgan fingerprint density at radius 3 is 2.32 bits per heavy atom. The van der Waals surface area contributed by atoms with Crippen molar-refractivity contribution in [1.82, 2.24) is 4.90 Å². The van der Waals surface area contributed by atoms with Gasteiger partial charge in [0, 0.05) is 42.3 Å². The van der Waals surface area contributed by atoms with Crippen molar-refractivity contribution in [2.75, 3.05) is 18.1 Å². The third kappa shape index (κ3) is 5.42. The van der Waals surface area contributed by atoms with Gasteiger partial charge in [-0.15, -0.1) is 0 Å². The summed E-state index contributed by atoms with van der Waals surface area (Å²) in [6.07, 6.45) is -2.50. The molecule has 2 amide bonds. The van der Waals surface area contributed by atoms with Crippen molar-refractivity contribution in [2.45, 2.75) is 75.7 Å². The molecule has 1 aliphatic carbocycles. The first kappa shape index (κ1) is 29.7. The van der Waals surface area contributed by atoms with E-state index in [1.165, 1.54) is 31.2 Å². The second-order valence-electron chi connectivity index (χ2n) is 11.7. The summed E-state index contributed by atoms with van der Waals surface area (Å²) in [6, 6.07) is 9.89. The van der Waals surface area contributed by atoms with Crippen LogP contribution in [0.25, 0.3) is 0 Å². The predicted molar refractivity (Wildman–Crippen MR) is 145 cm³/mol. The van der Waals surface area contributed by atoms with E-state index < -0.39 is 38.5 Å². The van der Waals surface area contributed by atoms with E-state index >= 15 is 0 Å². The number of likely N-dealkylation sites (tertiary alicyclic amines) is 1. The SMILES string of the molecule is CC(=O)N=S1(=O)CCC(C(=O)N2CC[C@@]3(Cc4ccc(F)cc4)c4ccc(C(C)(F)C(F)(F)F)cc4CC[C@@H]23)CC1. The molecule has 2 aromatic rings. The number of halogens is 5. The van der Waals surface area contributed by atoms with Crippen LogP contribution in [0.5, 0.6) is 0 Å². The maximum absolute atomic E-state index is 14.9. The zero-order chi connectivity index (χ0) is 29.8. The van der Waals surface area contributed by atoms with Crippen LogP contribution in [0.4, 0.5) is 22.0 Å². The van der Waals surface area contributed by atoms with Gasteiger partial charge in [0.1, 0.15) is 5.82 Å². The Labute approximate surface area is 236 Å². The summed E-state index contributed by atoms with van der Waals surface area (Å²) in [5.41, 5.74) is -2.34. The number of nitrogens with zero attached hydrogens (tertiary/aromatic N) is 2. The van der Waals surface area contributed by atoms with Crippen molar-refractivity contribution in [1.29, 1.82) is 0 Å². The van der Waals surface area contributed by atoms with Crippen LogP contribution < -0.4 is 0 Å². The highest BCUT2D eigenvalue weighted by Gasteiger charge is 2.56. The fourth-order valence-corrected chi connectivity index (χ4v) is 9.12. The minimum Gasteiger partial charge on any atom is -0.339 e. The lowest BCUT2D eigenvalue weighted by molar-refractivity contribution is -0.228. The summed E-state index contributed by atoms with van der Waals surface area (Å²) in [5.74, 6) is -0.953. The Balaban J connectivity index is 1.49. The molecule has 2 aliphatic heterocycles. The highest BCUT2D eigenvalue weighted by atomic mass is 32.2. The van der Waals surface area contributed by atoms with E-state index in [4.69, 9.17) is 0 Å². The Bertz CT molecular complexity index is 1470. The molecule has 0 N–H and O–H groups in total. The van der Waals surface area contributed by atoms with E-state index in [0.29, 0.717) is 57.6 Å². The van der Waals surface area contributed by atoms with Crippen molar-refractivity contribution >= 4 is 21.5 Å². The summed E-state index contributed by atoms with van der Waals surface area (Å²) in [7, 11) is -2.66. The highest BCUT2D eigenvalue weighted by molar-refractivity contribution is 7.93. The lowest BCUT2D eigenvalue weighted by Gasteiger charge is -2.44. The molecule has 0 aromatic heterocycles. The summed E-state index contributed by atoms with van der Waals surface area (Å²) >= 11 is 0. The number of amides is 2. The van der Waals surface area contributed by atoms with Gasteiger partial charge in [-0.3, -0.25) is 9.59 Å². The maximum Gasteiger partial charge on any atom is 0.426 e. The van der Waals surface area contributed by atoms with Gasteiger partial charge in [-0.1, -0.05) is 30.3 Å². The summed E-state index contributed by atoms with van der Waals surface area (Å²) in [6.45, 7) is 2.21. The number of carbonyl (C=O) groups excluding carboxylic acids is 2. The molecule has 2 aromatic carbocycles. The summed E-state index contributed by atoms with van der Waals surface area (Å²) in [4.78, 5) is 27.1. The van der Waals surface area contributed by atoms with Crippen molar-refractivity contribution in [3.05, 3.63) is 70.5 Å². The largest absolute Gasteiger partial charge is 0.426 e. The third-order valence-electron chi connectivity index (χ3n) is 9.15. The quantitative estimate of drug-likeness (QED) is 0.406. The lowest BCUT2D eigenvalue weighted by atomic mass is 9.63. The van der Waals surface area contributed by atoms with Crippen LogP contribution in [-0.2, 0) is 43.2 Å². The van der Waals surface area contributed by atoms with Crippen molar-refractivity contribution in [3.8, 4) is 0 Å². The smallest absolute Gasteiger partial charge is 0.339 e. The molecule has 2 fully saturated rings. The Hall–Kier alpha value is -2.82. The molecule has 3 aliphatic rings. The van der Waals surface area contributed by atoms with E-state index in [2.05, 4.69) is 4.36 Å². The van der Waals surface area contributed by atoms with E-state index in [1.54, 1.807) is 18.2 Å². The second kappa shape index (κ2) is 10.5. The van der Waals surface area contributed by atoms with Gasteiger partial charge in [0.15, 0.2) is 0 Å². The minimum absolute atomic E-state index is 0.0614. The molecule has 0 spiro atoms. The van der Waals surface area contributed by atoms with Gasteiger partial charge in [-0.05, 0) is 79.8 Å². The van der Waals surface area contributed by atoms with Gasteiger partial charge < -0.3 is 4.90 Å². The number of alkyl halides is 4. The van der Waals surface area contributed by atoms with Crippen LogP contribution >= 0.6 is 0 Å². The normalized spacial score (nSPS) is 29.3. The molecular weight excluding hydrogens is 563 g/mol. The first-order valence-corrected chi connectivity index (χ1v) is 15.7. The van der Waals surface area contributed by atoms with Gasteiger partial charge >= 0.3 is 6.18 Å². The topological polar surface area (TPSA) is 66.8 Å². The molecule has 11 heteroatoms. The number of hydrogen-bond acceptors (Lipinski definition) is 3. The van der Waals surface area contributed by atoms with Gasteiger partial charge in [0.25, 0.3) is 5.91 Å². The van der Waals surface area contributed by atoms with Gasteiger partial charge in [-0.25, -0.2) is 13.0 Å². The van der Waals surface area contributed by atoms with Crippen LogP contribution in [0.1, 0.15) is 61.8 Å². The second-order valence-corrected chi connectivity index (χ2v) is 14.3. The van der Waals surface area contributed by atoms with Crippen molar-refractivity contribution in [2.24, 2.45) is 10.3 Å². The van der Waals surface area contributed by atoms with Crippen LogP contribution in [-0.4, -0.2) is 51.2 Å².